The van der Waals surface area contributed by atoms with Gasteiger partial charge in [0.05, 0.1) is 19.7 Å². The van der Waals surface area contributed by atoms with Gasteiger partial charge in [-0.15, -0.1) is 12.4 Å². The molecule has 8 heteroatoms. The highest BCUT2D eigenvalue weighted by molar-refractivity contribution is 6.31. The van der Waals surface area contributed by atoms with E-state index in [-0.39, 0.29) is 42.9 Å². The molecular formula is C15H18Cl2N2O4. The lowest BCUT2D eigenvalue weighted by Crippen LogP contribution is -2.33. The van der Waals surface area contributed by atoms with Crippen molar-refractivity contribution in [2.75, 3.05) is 13.7 Å². The Morgan fingerprint density at radius 3 is 2.83 bits per heavy atom. The van der Waals surface area contributed by atoms with Crippen LogP contribution in [0.1, 0.15) is 23.6 Å². The van der Waals surface area contributed by atoms with Crippen LogP contribution in [0.25, 0.3) is 0 Å². The van der Waals surface area contributed by atoms with E-state index < -0.39 is 6.09 Å². The van der Waals surface area contributed by atoms with Crippen LogP contribution in [0.15, 0.2) is 18.2 Å². The smallest absolute Gasteiger partial charge is 0.408 e. The number of nitrogens with one attached hydrogen (secondary N) is 1. The number of fused-ring (bicyclic) bond motifs is 1. The number of carbonyl (C=O) groups is 2. The van der Waals surface area contributed by atoms with Crippen molar-refractivity contribution in [3.05, 3.63) is 34.3 Å². The van der Waals surface area contributed by atoms with Gasteiger partial charge >= 0.3 is 12.1 Å². The first-order valence-corrected chi connectivity index (χ1v) is 7.48. The fourth-order valence-corrected chi connectivity index (χ4v) is 3.72. The van der Waals surface area contributed by atoms with E-state index >= 15 is 0 Å². The number of rotatable bonds is 2. The van der Waals surface area contributed by atoms with E-state index in [0.29, 0.717) is 18.0 Å². The van der Waals surface area contributed by atoms with Gasteiger partial charge in [-0.25, -0.2) is 4.79 Å². The summed E-state index contributed by atoms with van der Waals surface area (Å²) in [6.45, 7) is 0.856. The van der Waals surface area contributed by atoms with E-state index in [1.807, 2.05) is 12.1 Å². The summed E-state index contributed by atoms with van der Waals surface area (Å²) < 4.78 is 4.76. The fraction of sp³-hybridized carbons (Fsp3) is 0.467. The number of halogens is 2. The average molecular weight is 361 g/mol. The normalized spacial score (nSPS) is 25.7. The number of carboxylic acid groups (broad SMARTS) is 1. The Hall–Kier alpha value is -1.50. The van der Waals surface area contributed by atoms with Gasteiger partial charge in [0, 0.05) is 11.6 Å². The molecule has 1 fully saturated rings. The third-order valence-corrected chi connectivity index (χ3v) is 4.83. The number of nitrogens with zero attached hydrogens (tertiary/aromatic N) is 1. The predicted octanol–water partition coefficient (Wildman–Crippen LogP) is 2.45. The molecule has 0 saturated carbocycles. The molecule has 1 aromatic carbocycles. The SMILES string of the molecule is COC(=O)[C@@H]1C[C@@H](C2c3cccc(Cl)c3CN2C(=O)O)CN1.Cl. The maximum Gasteiger partial charge on any atom is 0.408 e. The van der Waals surface area contributed by atoms with Crippen LogP contribution in [0, 0.1) is 5.92 Å². The van der Waals surface area contributed by atoms with Gasteiger partial charge in [0.25, 0.3) is 0 Å². The Balaban J connectivity index is 0.00000192. The highest BCUT2D eigenvalue weighted by Gasteiger charge is 2.43. The average Bonchev–Trinajstić information content (AvgIpc) is 3.10. The number of amides is 1. The van der Waals surface area contributed by atoms with Gasteiger partial charge in [0.1, 0.15) is 6.04 Å². The van der Waals surface area contributed by atoms with Gasteiger partial charge in [-0.1, -0.05) is 23.7 Å². The molecule has 6 nitrogen and oxygen atoms in total. The summed E-state index contributed by atoms with van der Waals surface area (Å²) in [7, 11) is 1.35. The van der Waals surface area contributed by atoms with Crippen LogP contribution in [0.5, 0.6) is 0 Å². The number of benzene rings is 1. The quantitative estimate of drug-likeness (QED) is 0.792. The third kappa shape index (κ3) is 3.11. The van der Waals surface area contributed by atoms with E-state index in [0.717, 1.165) is 11.1 Å². The molecule has 2 aliphatic rings. The molecule has 3 rings (SSSR count). The molecule has 2 N–H and O–H groups in total. The Labute approximate surface area is 145 Å². The van der Waals surface area contributed by atoms with Gasteiger partial charge in [-0.05, 0) is 29.5 Å². The Morgan fingerprint density at radius 1 is 1.43 bits per heavy atom. The van der Waals surface area contributed by atoms with Crippen LogP contribution >= 0.6 is 24.0 Å². The van der Waals surface area contributed by atoms with Gasteiger partial charge < -0.3 is 15.2 Å². The molecule has 1 unspecified atom stereocenters. The summed E-state index contributed by atoms with van der Waals surface area (Å²) in [5.41, 5.74) is 1.80. The molecule has 0 aliphatic carbocycles. The number of esters is 1. The van der Waals surface area contributed by atoms with Crippen molar-refractivity contribution in [1.82, 2.24) is 10.2 Å². The molecule has 126 valence electrons. The van der Waals surface area contributed by atoms with E-state index in [2.05, 4.69) is 5.32 Å². The minimum atomic E-state index is -0.973. The van der Waals surface area contributed by atoms with Crippen molar-refractivity contribution in [3.63, 3.8) is 0 Å². The van der Waals surface area contributed by atoms with Crippen molar-refractivity contribution >= 4 is 36.1 Å². The first-order valence-electron chi connectivity index (χ1n) is 7.11. The predicted molar refractivity (Wildman–Crippen MR) is 86.9 cm³/mol. The third-order valence-electron chi connectivity index (χ3n) is 4.48. The number of carbonyl (C=O) groups excluding carboxylic acids is 1. The zero-order valence-corrected chi connectivity index (χ0v) is 14.1. The zero-order valence-electron chi connectivity index (χ0n) is 12.5. The summed E-state index contributed by atoms with van der Waals surface area (Å²) >= 11 is 6.20. The lowest BCUT2D eigenvalue weighted by molar-refractivity contribution is -0.142. The fourth-order valence-electron chi connectivity index (χ4n) is 3.48. The standard InChI is InChI=1S/C15H17ClN2O4.ClH/c1-22-14(19)12-5-8(6-17-12)13-9-3-2-4-11(16)10(9)7-18(13)15(20)21;/h2-4,8,12-13,17H,5-7H2,1H3,(H,20,21);1H/t8-,12+,13?;/m1./s1. The zero-order chi connectivity index (χ0) is 15.9. The summed E-state index contributed by atoms with van der Waals surface area (Å²) in [6.07, 6.45) is -0.425. The molecule has 2 heterocycles. The van der Waals surface area contributed by atoms with E-state index in [4.69, 9.17) is 16.3 Å². The van der Waals surface area contributed by atoms with Crippen LogP contribution in [-0.2, 0) is 16.1 Å². The largest absolute Gasteiger partial charge is 0.468 e. The number of ether oxygens (including phenoxy) is 1. The van der Waals surface area contributed by atoms with E-state index in [1.165, 1.54) is 12.0 Å². The van der Waals surface area contributed by atoms with Crippen LogP contribution in [-0.4, -0.2) is 41.8 Å². The molecule has 3 atom stereocenters. The van der Waals surface area contributed by atoms with Crippen molar-refractivity contribution < 1.29 is 19.4 Å². The Morgan fingerprint density at radius 2 is 2.17 bits per heavy atom. The Bertz CT molecular complexity index is 625. The maximum absolute atomic E-state index is 11.7. The van der Waals surface area contributed by atoms with Crippen LogP contribution in [0.4, 0.5) is 4.79 Å². The van der Waals surface area contributed by atoms with Crippen molar-refractivity contribution in [1.29, 1.82) is 0 Å². The Kier molecular flexibility index (Phi) is 5.39. The van der Waals surface area contributed by atoms with Gasteiger partial charge in [-0.2, -0.15) is 0 Å². The number of hydrogen-bond acceptors (Lipinski definition) is 4. The van der Waals surface area contributed by atoms with Crippen molar-refractivity contribution in [3.8, 4) is 0 Å². The van der Waals surface area contributed by atoms with Gasteiger partial charge in [0.15, 0.2) is 0 Å². The summed E-state index contributed by atoms with van der Waals surface area (Å²) in [4.78, 5) is 24.7. The molecule has 0 aromatic heterocycles. The van der Waals surface area contributed by atoms with Crippen molar-refractivity contribution in [2.45, 2.75) is 25.0 Å². The highest BCUT2D eigenvalue weighted by Crippen LogP contribution is 2.44. The molecule has 1 amide bonds. The summed E-state index contributed by atoms with van der Waals surface area (Å²) in [6, 6.07) is 4.86. The molecule has 0 bridgehead atoms. The number of hydrogen-bond donors (Lipinski definition) is 2. The second kappa shape index (κ2) is 6.95. The number of methoxy groups -OCH3 is 1. The minimum Gasteiger partial charge on any atom is -0.468 e. The topological polar surface area (TPSA) is 78.9 Å². The van der Waals surface area contributed by atoms with E-state index in [1.54, 1.807) is 6.07 Å². The van der Waals surface area contributed by atoms with Crippen LogP contribution in [0.3, 0.4) is 0 Å². The maximum atomic E-state index is 11.7. The lowest BCUT2D eigenvalue weighted by atomic mass is 9.90. The first kappa shape index (κ1) is 17.8. The van der Waals surface area contributed by atoms with Crippen molar-refractivity contribution in [2.24, 2.45) is 5.92 Å². The lowest BCUT2D eigenvalue weighted by Gasteiger charge is -2.27. The molecule has 0 spiro atoms. The molecule has 0 radical (unpaired) electrons. The summed E-state index contributed by atoms with van der Waals surface area (Å²) in [5, 5.41) is 13.2. The minimum absolute atomic E-state index is 0. The monoisotopic (exact) mass is 360 g/mol. The van der Waals surface area contributed by atoms with Gasteiger partial charge in [0.2, 0.25) is 0 Å². The highest BCUT2D eigenvalue weighted by atomic mass is 35.5. The first-order chi connectivity index (χ1) is 10.5. The molecule has 2 aliphatic heterocycles. The molecule has 23 heavy (non-hydrogen) atoms. The second-order valence-corrected chi connectivity index (χ2v) is 6.05. The molecular weight excluding hydrogens is 343 g/mol. The second-order valence-electron chi connectivity index (χ2n) is 5.64. The van der Waals surface area contributed by atoms with E-state index in [9.17, 15) is 14.7 Å². The van der Waals surface area contributed by atoms with Gasteiger partial charge in [-0.3, -0.25) is 9.69 Å². The molecule has 1 aromatic rings. The van der Waals surface area contributed by atoms with Crippen LogP contribution in [0.2, 0.25) is 5.02 Å². The summed E-state index contributed by atoms with van der Waals surface area (Å²) in [5.74, 6) is -0.298. The molecule has 1 saturated heterocycles. The van der Waals surface area contributed by atoms with Crippen LogP contribution < -0.4 is 5.32 Å².